The second-order valence-electron chi connectivity index (χ2n) is 2.75. The molecule has 1 heterocycles. The first-order chi connectivity index (χ1) is 7.36. The fraction of sp³-hybridized carbons (Fsp3) is 0.333. The number of carbonyl (C=O) groups is 1. The average Bonchev–Trinajstić information content (AvgIpc) is 2.16. The predicted molar refractivity (Wildman–Crippen MR) is 45.2 cm³/mol. The van der Waals surface area contributed by atoms with Crippen LogP contribution in [0.4, 0.5) is 17.6 Å². The summed E-state index contributed by atoms with van der Waals surface area (Å²) in [6.45, 7) is 1.49. The lowest BCUT2D eigenvalue weighted by Crippen LogP contribution is -2.15. The zero-order chi connectivity index (χ0) is 12.3. The van der Waals surface area contributed by atoms with Crippen LogP contribution in [0.2, 0.25) is 0 Å². The molecule has 0 aliphatic carbocycles. The number of hydrogen-bond donors (Lipinski definition) is 0. The summed E-state index contributed by atoms with van der Waals surface area (Å²) >= 11 is 0. The number of pyridine rings is 1. The van der Waals surface area contributed by atoms with Crippen molar-refractivity contribution < 1.29 is 27.1 Å². The number of nitrogens with zero attached hydrogens (tertiary/aromatic N) is 1. The quantitative estimate of drug-likeness (QED) is 0.585. The Labute approximate surface area is 88.0 Å². The molecule has 0 saturated carbocycles. The molecule has 0 spiro atoms. The Morgan fingerprint density at radius 2 is 2.06 bits per heavy atom. The Morgan fingerprint density at radius 3 is 2.56 bits per heavy atom. The normalized spacial score (nSPS) is 11.3. The van der Waals surface area contributed by atoms with E-state index in [0.717, 1.165) is 6.07 Å². The van der Waals surface area contributed by atoms with Crippen molar-refractivity contribution in [3.8, 4) is 0 Å². The van der Waals surface area contributed by atoms with Crippen LogP contribution in [0.15, 0.2) is 12.1 Å². The maximum Gasteiger partial charge on any atom is 0.436 e. The van der Waals surface area contributed by atoms with E-state index in [1.54, 1.807) is 0 Å². The van der Waals surface area contributed by atoms with Gasteiger partial charge in [0, 0.05) is 0 Å². The number of alkyl halides is 3. The van der Waals surface area contributed by atoms with Crippen LogP contribution in [-0.4, -0.2) is 17.6 Å². The van der Waals surface area contributed by atoms with Crippen LogP contribution in [-0.2, 0) is 10.9 Å². The van der Waals surface area contributed by atoms with E-state index in [1.807, 2.05) is 0 Å². The van der Waals surface area contributed by atoms with Crippen molar-refractivity contribution in [2.45, 2.75) is 13.1 Å². The molecule has 0 fully saturated rings. The molecule has 0 radical (unpaired) electrons. The molecule has 7 heteroatoms. The van der Waals surface area contributed by atoms with Crippen LogP contribution in [0.1, 0.15) is 23.1 Å². The maximum absolute atomic E-state index is 12.8. The maximum atomic E-state index is 12.8. The number of rotatable bonds is 2. The summed E-state index contributed by atoms with van der Waals surface area (Å²) in [4.78, 5) is 13.9. The van der Waals surface area contributed by atoms with Gasteiger partial charge in [-0.2, -0.15) is 13.2 Å². The second kappa shape index (κ2) is 4.46. The molecular formula is C9H7F4NO2. The topological polar surface area (TPSA) is 39.2 Å². The van der Waals surface area contributed by atoms with Gasteiger partial charge in [0.15, 0.2) is 11.5 Å². The monoisotopic (exact) mass is 237 g/mol. The van der Waals surface area contributed by atoms with Gasteiger partial charge in [0.1, 0.15) is 5.69 Å². The standard InChI is InChI=1S/C9H7F4NO2/c1-2-16-8(15)6-4-3-5(10)7(14-6)9(11,12)13/h3-4H,2H2,1H3. The lowest BCUT2D eigenvalue weighted by molar-refractivity contribution is -0.143. The fourth-order valence-electron chi connectivity index (χ4n) is 0.960. The van der Waals surface area contributed by atoms with E-state index in [0.29, 0.717) is 6.07 Å². The second-order valence-corrected chi connectivity index (χ2v) is 2.75. The summed E-state index contributed by atoms with van der Waals surface area (Å²) in [6, 6.07) is 1.37. The molecule has 16 heavy (non-hydrogen) atoms. The SMILES string of the molecule is CCOC(=O)c1ccc(F)c(C(F)(F)F)n1. The zero-order valence-electron chi connectivity index (χ0n) is 8.14. The molecule has 88 valence electrons. The lowest BCUT2D eigenvalue weighted by Gasteiger charge is -2.08. The minimum Gasteiger partial charge on any atom is -0.461 e. The van der Waals surface area contributed by atoms with Gasteiger partial charge in [-0.05, 0) is 19.1 Å². The predicted octanol–water partition coefficient (Wildman–Crippen LogP) is 2.42. The number of carbonyl (C=O) groups excluding carboxylic acids is 1. The summed E-state index contributed by atoms with van der Waals surface area (Å²) in [5.41, 5.74) is -2.30. The van der Waals surface area contributed by atoms with Gasteiger partial charge in [0.2, 0.25) is 0 Å². The summed E-state index contributed by atoms with van der Waals surface area (Å²) < 4.78 is 53.9. The van der Waals surface area contributed by atoms with Gasteiger partial charge in [0.25, 0.3) is 0 Å². The third-order valence-electron chi connectivity index (χ3n) is 1.60. The highest BCUT2D eigenvalue weighted by Crippen LogP contribution is 2.29. The molecule has 1 aromatic heterocycles. The van der Waals surface area contributed by atoms with Gasteiger partial charge in [-0.25, -0.2) is 14.2 Å². The van der Waals surface area contributed by atoms with Crippen LogP contribution in [0, 0.1) is 5.82 Å². The lowest BCUT2D eigenvalue weighted by atomic mass is 10.3. The smallest absolute Gasteiger partial charge is 0.436 e. The van der Waals surface area contributed by atoms with E-state index in [2.05, 4.69) is 9.72 Å². The van der Waals surface area contributed by atoms with Crippen molar-refractivity contribution in [1.29, 1.82) is 0 Å². The van der Waals surface area contributed by atoms with E-state index in [1.165, 1.54) is 6.92 Å². The van der Waals surface area contributed by atoms with Crippen LogP contribution >= 0.6 is 0 Å². The van der Waals surface area contributed by atoms with E-state index in [-0.39, 0.29) is 6.61 Å². The van der Waals surface area contributed by atoms with Crippen molar-refractivity contribution in [2.24, 2.45) is 0 Å². The molecule has 0 atom stereocenters. The molecule has 1 rings (SSSR count). The highest BCUT2D eigenvalue weighted by atomic mass is 19.4. The van der Waals surface area contributed by atoms with Crippen molar-refractivity contribution >= 4 is 5.97 Å². The first-order valence-corrected chi connectivity index (χ1v) is 4.27. The number of halogens is 4. The van der Waals surface area contributed by atoms with Crippen LogP contribution in [0.3, 0.4) is 0 Å². The van der Waals surface area contributed by atoms with Gasteiger partial charge < -0.3 is 4.74 Å². The molecule has 0 aliphatic rings. The largest absolute Gasteiger partial charge is 0.461 e. The summed E-state index contributed by atoms with van der Waals surface area (Å²) in [5.74, 6) is -2.55. The molecular weight excluding hydrogens is 230 g/mol. The molecule has 0 aromatic carbocycles. The highest BCUT2D eigenvalue weighted by Gasteiger charge is 2.36. The Bertz CT molecular complexity index is 403. The zero-order valence-corrected chi connectivity index (χ0v) is 8.14. The summed E-state index contributed by atoms with van der Waals surface area (Å²) in [6.07, 6.45) is -4.94. The van der Waals surface area contributed by atoms with Gasteiger partial charge >= 0.3 is 12.1 Å². The third-order valence-corrected chi connectivity index (χ3v) is 1.60. The minimum atomic E-state index is -4.94. The van der Waals surface area contributed by atoms with E-state index < -0.39 is 29.4 Å². The van der Waals surface area contributed by atoms with E-state index in [9.17, 15) is 22.4 Å². The Hall–Kier alpha value is -1.66. The van der Waals surface area contributed by atoms with Gasteiger partial charge in [0.05, 0.1) is 6.61 Å². The summed E-state index contributed by atoms with van der Waals surface area (Å²) in [5, 5.41) is 0. The average molecular weight is 237 g/mol. The molecule has 1 aromatic rings. The van der Waals surface area contributed by atoms with E-state index in [4.69, 9.17) is 0 Å². The van der Waals surface area contributed by atoms with Crippen molar-refractivity contribution in [3.63, 3.8) is 0 Å². The molecule has 3 nitrogen and oxygen atoms in total. The van der Waals surface area contributed by atoms with E-state index >= 15 is 0 Å². The van der Waals surface area contributed by atoms with Crippen molar-refractivity contribution in [1.82, 2.24) is 4.98 Å². The first-order valence-electron chi connectivity index (χ1n) is 4.27. The number of aromatic nitrogens is 1. The fourth-order valence-corrected chi connectivity index (χ4v) is 0.960. The van der Waals surface area contributed by atoms with Crippen LogP contribution < -0.4 is 0 Å². The van der Waals surface area contributed by atoms with Crippen LogP contribution in [0.25, 0.3) is 0 Å². The number of ether oxygens (including phenoxy) is 1. The van der Waals surface area contributed by atoms with Gasteiger partial charge in [-0.1, -0.05) is 0 Å². The number of hydrogen-bond acceptors (Lipinski definition) is 3. The van der Waals surface area contributed by atoms with Gasteiger partial charge in [-0.3, -0.25) is 0 Å². The third kappa shape index (κ3) is 2.68. The van der Waals surface area contributed by atoms with Crippen LogP contribution in [0.5, 0.6) is 0 Å². The van der Waals surface area contributed by atoms with Crippen molar-refractivity contribution in [3.05, 3.63) is 29.3 Å². The summed E-state index contributed by atoms with van der Waals surface area (Å²) in [7, 11) is 0. The van der Waals surface area contributed by atoms with Gasteiger partial charge in [-0.15, -0.1) is 0 Å². The highest BCUT2D eigenvalue weighted by molar-refractivity contribution is 5.87. The molecule has 0 unspecified atom stereocenters. The molecule has 0 N–H and O–H groups in total. The minimum absolute atomic E-state index is 0.000753. The number of esters is 1. The Balaban J connectivity index is 3.13. The molecule has 0 bridgehead atoms. The molecule has 0 saturated heterocycles. The van der Waals surface area contributed by atoms with Crippen molar-refractivity contribution in [2.75, 3.05) is 6.61 Å². The first kappa shape index (κ1) is 12.4. The Morgan fingerprint density at radius 1 is 1.44 bits per heavy atom. The molecule has 0 aliphatic heterocycles. The Kier molecular flexibility index (Phi) is 3.46. The molecule has 0 amide bonds.